The molecule has 0 aliphatic heterocycles. The molecule has 0 amide bonds. The highest BCUT2D eigenvalue weighted by Gasteiger charge is 2.13. The molecule has 0 saturated carbocycles. The van der Waals surface area contributed by atoms with Gasteiger partial charge in [0.05, 0.1) is 0 Å². The van der Waals surface area contributed by atoms with Crippen LogP contribution in [0.5, 0.6) is 0 Å². The number of rotatable bonds is 6. The van der Waals surface area contributed by atoms with Crippen LogP contribution in [0.25, 0.3) is 21.6 Å². The summed E-state index contributed by atoms with van der Waals surface area (Å²) in [6, 6.07) is 13.1. The van der Waals surface area contributed by atoms with Crippen molar-refractivity contribution in [2.45, 2.75) is 32.6 Å². The normalized spacial score (nSPS) is 10.9. The van der Waals surface area contributed by atoms with Crippen molar-refractivity contribution in [3.8, 4) is 21.6 Å². The Labute approximate surface area is 140 Å². The van der Waals surface area contributed by atoms with Crippen molar-refractivity contribution in [2.24, 2.45) is 0 Å². The molecule has 0 fully saturated rings. The second kappa shape index (κ2) is 7.51. The van der Waals surface area contributed by atoms with Crippen LogP contribution in [-0.4, -0.2) is 4.98 Å². The minimum absolute atomic E-state index is 0.195. The zero-order valence-corrected chi connectivity index (χ0v) is 14.1. The quantitative estimate of drug-likeness (QED) is 0.481. The summed E-state index contributed by atoms with van der Waals surface area (Å²) in [6.07, 6.45) is 8.45. The SMILES string of the molecule is CCCCCc1cc(-c2ccncc2)c(-c2ccc(F)cc2)s1. The molecule has 2 aromatic heterocycles. The Balaban J connectivity index is 2.00. The fraction of sp³-hybridized carbons (Fsp3) is 0.250. The Morgan fingerprint density at radius 3 is 2.39 bits per heavy atom. The average Bonchev–Trinajstić information content (AvgIpc) is 3.01. The van der Waals surface area contributed by atoms with Gasteiger partial charge in [-0.2, -0.15) is 0 Å². The Morgan fingerprint density at radius 1 is 0.957 bits per heavy atom. The number of aryl methyl sites for hydroxylation is 1. The Hall–Kier alpha value is -2.00. The highest BCUT2D eigenvalue weighted by atomic mass is 32.1. The highest BCUT2D eigenvalue weighted by molar-refractivity contribution is 7.16. The van der Waals surface area contributed by atoms with E-state index in [4.69, 9.17) is 0 Å². The van der Waals surface area contributed by atoms with E-state index in [1.54, 1.807) is 0 Å². The van der Waals surface area contributed by atoms with Crippen LogP contribution in [0, 0.1) is 5.82 Å². The number of halogens is 1. The van der Waals surface area contributed by atoms with Crippen molar-refractivity contribution in [1.82, 2.24) is 4.98 Å². The van der Waals surface area contributed by atoms with Crippen LogP contribution in [0.3, 0.4) is 0 Å². The zero-order valence-electron chi connectivity index (χ0n) is 13.3. The van der Waals surface area contributed by atoms with Crippen molar-refractivity contribution in [1.29, 1.82) is 0 Å². The molecule has 0 atom stereocenters. The second-order valence-electron chi connectivity index (χ2n) is 5.66. The van der Waals surface area contributed by atoms with Gasteiger partial charge in [-0.1, -0.05) is 31.9 Å². The molecule has 0 bridgehead atoms. The van der Waals surface area contributed by atoms with Crippen LogP contribution in [0.2, 0.25) is 0 Å². The van der Waals surface area contributed by atoms with Gasteiger partial charge >= 0.3 is 0 Å². The minimum atomic E-state index is -0.195. The van der Waals surface area contributed by atoms with Gasteiger partial charge in [-0.05, 0) is 54.3 Å². The van der Waals surface area contributed by atoms with E-state index in [2.05, 4.69) is 18.0 Å². The standard InChI is InChI=1S/C20H20FNS/c1-2-3-4-5-18-14-19(15-10-12-22-13-11-15)20(23-18)16-6-8-17(21)9-7-16/h6-14H,2-5H2,1H3. The number of unbranched alkanes of at least 4 members (excludes halogenated alkanes) is 2. The average molecular weight is 325 g/mol. The van der Waals surface area contributed by atoms with E-state index < -0.39 is 0 Å². The lowest BCUT2D eigenvalue weighted by Gasteiger charge is -2.04. The van der Waals surface area contributed by atoms with Crippen molar-refractivity contribution in [3.05, 3.63) is 65.6 Å². The highest BCUT2D eigenvalue weighted by Crippen LogP contribution is 2.39. The minimum Gasteiger partial charge on any atom is -0.265 e. The first-order valence-electron chi connectivity index (χ1n) is 8.07. The first-order valence-corrected chi connectivity index (χ1v) is 8.88. The summed E-state index contributed by atoms with van der Waals surface area (Å²) in [5.41, 5.74) is 3.46. The molecule has 3 heteroatoms. The summed E-state index contributed by atoms with van der Waals surface area (Å²) < 4.78 is 13.2. The summed E-state index contributed by atoms with van der Waals surface area (Å²) in [4.78, 5) is 6.71. The number of hydrogen-bond acceptors (Lipinski definition) is 2. The van der Waals surface area contributed by atoms with Crippen LogP contribution < -0.4 is 0 Å². The molecule has 0 N–H and O–H groups in total. The van der Waals surface area contributed by atoms with Gasteiger partial charge in [0, 0.05) is 27.7 Å². The number of thiophene rings is 1. The molecule has 0 saturated heterocycles. The van der Waals surface area contributed by atoms with Gasteiger partial charge in [-0.15, -0.1) is 11.3 Å². The number of benzene rings is 1. The third-order valence-electron chi connectivity index (χ3n) is 3.91. The summed E-state index contributed by atoms with van der Waals surface area (Å²) >= 11 is 1.82. The Kier molecular flexibility index (Phi) is 5.19. The van der Waals surface area contributed by atoms with Gasteiger partial charge in [-0.3, -0.25) is 4.98 Å². The second-order valence-corrected chi connectivity index (χ2v) is 6.79. The molecule has 23 heavy (non-hydrogen) atoms. The molecule has 1 aromatic carbocycles. The summed E-state index contributed by atoms with van der Waals surface area (Å²) in [7, 11) is 0. The van der Waals surface area contributed by atoms with E-state index in [1.165, 1.54) is 46.7 Å². The number of nitrogens with zero attached hydrogens (tertiary/aromatic N) is 1. The maximum absolute atomic E-state index is 13.2. The monoisotopic (exact) mass is 325 g/mol. The van der Waals surface area contributed by atoms with E-state index >= 15 is 0 Å². The van der Waals surface area contributed by atoms with E-state index in [0.29, 0.717) is 0 Å². The topological polar surface area (TPSA) is 12.9 Å². The van der Waals surface area contributed by atoms with Gasteiger partial charge < -0.3 is 0 Å². The van der Waals surface area contributed by atoms with Crippen molar-refractivity contribution >= 4 is 11.3 Å². The summed E-state index contributed by atoms with van der Waals surface area (Å²) in [6.45, 7) is 2.22. The molecule has 3 aromatic rings. The number of hydrogen-bond donors (Lipinski definition) is 0. The van der Waals surface area contributed by atoms with E-state index in [0.717, 1.165) is 17.5 Å². The third-order valence-corrected chi connectivity index (χ3v) is 5.15. The predicted octanol–water partition coefficient (Wildman–Crippen LogP) is 6.35. The summed E-state index contributed by atoms with van der Waals surface area (Å²) in [5.74, 6) is -0.195. The molecule has 1 nitrogen and oxygen atoms in total. The van der Waals surface area contributed by atoms with E-state index in [9.17, 15) is 4.39 Å². The van der Waals surface area contributed by atoms with Gasteiger partial charge in [0.2, 0.25) is 0 Å². The van der Waals surface area contributed by atoms with Gasteiger partial charge in [0.25, 0.3) is 0 Å². The first-order chi connectivity index (χ1) is 11.3. The predicted molar refractivity (Wildman–Crippen MR) is 96.2 cm³/mol. The van der Waals surface area contributed by atoms with Crippen LogP contribution in [0.4, 0.5) is 4.39 Å². The maximum atomic E-state index is 13.2. The molecule has 0 spiro atoms. The molecule has 0 aliphatic rings. The van der Waals surface area contributed by atoms with E-state index in [1.807, 2.05) is 48.0 Å². The number of pyridine rings is 1. The molecule has 3 rings (SSSR count). The first kappa shape index (κ1) is 15.9. The lowest BCUT2D eigenvalue weighted by atomic mass is 10.0. The van der Waals surface area contributed by atoms with Gasteiger partial charge in [0.1, 0.15) is 5.82 Å². The smallest absolute Gasteiger partial charge is 0.123 e. The van der Waals surface area contributed by atoms with Crippen LogP contribution >= 0.6 is 11.3 Å². The van der Waals surface area contributed by atoms with Crippen molar-refractivity contribution in [3.63, 3.8) is 0 Å². The van der Waals surface area contributed by atoms with E-state index in [-0.39, 0.29) is 5.82 Å². The zero-order chi connectivity index (χ0) is 16.1. The number of aromatic nitrogens is 1. The Morgan fingerprint density at radius 2 is 1.70 bits per heavy atom. The largest absolute Gasteiger partial charge is 0.265 e. The van der Waals surface area contributed by atoms with Crippen LogP contribution in [0.15, 0.2) is 54.9 Å². The third kappa shape index (κ3) is 3.85. The molecule has 2 heterocycles. The lowest BCUT2D eigenvalue weighted by molar-refractivity contribution is 0.628. The van der Waals surface area contributed by atoms with Crippen molar-refractivity contribution in [2.75, 3.05) is 0 Å². The van der Waals surface area contributed by atoms with Gasteiger partial charge in [0.15, 0.2) is 0 Å². The molecule has 0 radical (unpaired) electrons. The molecule has 118 valence electrons. The Bertz CT molecular complexity index is 747. The molecule has 0 unspecified atom stereocenters. The molecular formula is C20H20FNS. The van der Waals surface area contributed by atoms with Crippen LogP contribution in [-0.2, 0) is 6.42 Å². The van der Waals surface area contributed by atoms with Gasteiger partial charge in [-0.25, -0.2) is 4.39 Å². The lowest BCUT2D eigenvalue weighted by Crippen LogP contribution is -1.81. The van der Waals surface area contributed by atoms with Crippen molar-refractivity contribution < 1.29 is 4.39 Å². The summed E-state index contributed by atoms with van der Waals surface area (Å²) in [5, 5.41) is 0. The van der Waals surface area contributed by atoms with Crippen LogP contribution in [0.1, 0.15) is 31.1 Å². The molecular weight excluding hydrogens is 305 g/mol. The fourth-order valence-corrected chi connectivity index (χ4v) is 3.90. The maximum Gasteiger partial charge on any atom is 0.123 e. The molecule has 0 aliphatic carbocycles. The fourth-order valence-electron chi connectivity index (χ4n) is 2.68.